The van der Waals surface area contributed by atoms with Crippen LogP contribution >= 0.6 is 11.3 Å². The summed E-state index contributed by atoms with van der Waals surface area (Å²) in [5.41, 5.74) is -0.0502. The number of rotatable bonds is 2. The lowest BCUT2D eigenvalue weighted by molar-refractivity contribution is -0.165. The molecule has 0 aromatic carbocycles. The van der Waals surface area contributed by atoms with Crippen molar-refractivity contribution < 1.29 is 19.1 Å². The Bertz CT molecular complexity index is 453. The monoisotopic (exact) mass is 252 g/mol. The van der Waals surface area contributed by atoms with E-state index in [-0.39, 0.29) is 13.0 Å². The molecule has 1 aromatic rings. The van der Waals surface area contributed by atoms with E-state index in [2.05, 4.69) is 6.58 Å². The third kappa shape index (κ3) is 1.76. The second kappa shape index (κ2) is 4.33. The van der Waals surface area contributed by atoms with Gasteiger partial charge >= 0.3 is 11.9 Å². The Morgan fingerprint density at radius 1 is 1.65 bits per heavy atom. The molecule has 1 unspecified atom stereocenters. The summed E-state index contributed by atoms with van der Waals surface area (Å²) in [5.74, 6) is -1.16. The molecule has 0 saturated carbocycles. The second-order valence-corrected chi connectivity index (χ2v) is 4.69. The predicted molar refractivity (Wildman–Crippen MR) is 62.7 cm³/mol. The Hall–Kier alpha value is -1.62. The van der Waals surface area contributed by atoms with Crippen molar-refractivity contribution in [2.45, 2.75) is 11.8 Å². The smallest absolute Gasteiger partial charge is 0.328 e. The first-order chi connectivity index (χ1) is 8.11. The zero-order valence-corrected chi connectivity index (χ0v) is 10.2. The third-order valence-corrected chi connectivity index (χ3v) is 3.50. The lowest BCUT2D eigenvalue weighted by atomic mass is 9.75. The van der Waals surface area contributed by atoms with Crippen LogP contribution in [0.5, 0.6) is 0 Å². The molecule has 4 nitrogen and oxygen atoms in total. The highest BCUT2D eigenvalue weighted by Gasteiger charge is 2.53. The number of thiophene rings is 1. The van der Waals surface area contributed by atoms with Crippen molar-refractivity contribution in [3.8, 4) is 0 Å². The van der Waals surface area contributed by atoms with Gasteiger partial charge in [0, 0.05) is 6.42 Å². The summed E-state index contributed by atoms with van der Waals surface area (Å²) < 4.78 is 9.78. The minimum absolute atomic E-state index is 0.168. The van der Waals surface area contributed by atoms with E-state index in [1.165, 1.54) is 18.4 Å². The van der Waals surface area contributed by atoms with Crippen LogP contribution in [0.2, 0.25) is 0 Å². The van der Waals surface area contributed by atoms with Gasteiger partial charge in [0.2, 0.25) is 0 Å². The van der Waals surface area contributed by atoms with Crippen molar-refractivity contribution in [2.24, 2.45) is 0 Å². The minimum atomic E-state index is -1.37. The first kappa shape index (κ1) is 11.9. The number of carbonyl (C=O) groups is 2. The van der Waals surface area contributed by atoms with E-state index in [0.29, 0.717) is 11.1 Å². The van der Waals surface area contributed by atoms with Crippen LogP contribution in [0.3, 0.4) is 0 Å². The number of ether oxygens (including phenoxy) is 2. The molecule has 1 aromatic heterocycles. The van der Waals surface area contributed by atoms with Crippen molar-refractivity contribution in [3.05, 3.63) is 34.5 Å². The molecular formula is C12H12O4S. The molecule has 2 heterocycles. The van der Waals surface area contributed by atoms with Crippen LogP contribution in [0.25, 0.3) is 0 Å². The average Bonchev–Trinajstić information content (AvgIpc) is 2.85. The van der Waals surface area contributed by atoms with Crippen molar-refractivity contribution in [2.75, 3.05) is 13.7 Å². The summed E-state index contributed by atoms with van der Waals surface area (Å²) in [5, 5.41) is 3.57. The molecule has 1 atom stereocenters. The van der Waals surface area contributed by atoms with Crippen LogP contribution in [0.4, 0.5) is 0 Å². The van der Waals surface area contributed by atoms with Gasteiger partial charge < -0.3 is 9.47 Å². The van der Waals surface area contributed by atoms with Gasteiger partial charge in [0.05, 0.1) is 7.11 Å². The van der Waals surface area contributed by atoms with E-state index in [1.54, 1.807) is 11.4 Å². The molecule has 5 heteroatoms. The number of methoxy groups -OCH3 is 1. The summed E-state index contributed by atoms with van der Waals surface area (Å²) in [7, 11) is 1.26. The fourth-order valence-electron chi connectivity index (χ4n) is 1.96. The van der Waals surface area contributed by atoms with Gasteiger partial charge in [-0.2, -0.15) is 11.3 Å². The molecule has 90 valence electrons. The summed E-state index contributed by atoms with van der Waals surface area (Å²) in [4.78, 5) is 24.0. The molecule has 1 saturated heterocycles. The third-order valence-electron chi connectivity index (χ3n) is 2.82. The lowest BCUT2D eigenvalue weighted by Crippen LogP contribution is -2.49. The van der Waals surface area contributed by atoms with Gasteiger partial charge in [0.15, 0.2) is 5.41 Å². The molecule has 0 N–H and O–H groups in total. The van der Waals surface area contributed by atoms with Crippen LogP contribution in [-0.4, -0.2) is 25.7 Å². The average molecular weight is 252 g/mol. The van der Waals surface area contributed by atoms with E-state index < -0.39 is 17.4 Å². The predicted octanol–water partition coefficient (Wildman–Crippen LogP) is 1.66. The Morgan fingerprint density at radius 3 is 3.00 bits per heavy atom. The molecule has 1 fully saturated rings. The van der Waals surface area contributed by atoms with Crippen molar-refractivity contribution in [3.63, 3.8) is 0 Å². The molecule has 17 heavy (non-hydrogen) atoms. The molecule has 0 spiro atoms. The standard InChI is InChI=1S/C12H12O4S/c1-8-5-12(10(13)15-2,11(14)16-6-8)9-3-4-17-7-9/h3-4,7H,1,5-6H2,2H3. The van der Waals surface area contributed by atoms with Gasteiger partial charge in [-0.25, -0.2) is 0 Å². The SMILES string of the molecule is C=C1COC(=O)C(C(=O)OC)(c2ccsc2)C1. The van der Waals surface area contributed by atoms with E-state index in [0.717, 1.165) is 0 Å². The maximum Gasteiger partial charge on any atom is 0.328 e. The highest BCUT2D eigenvalue weighted by Crippen LogP contribution is 2.38. The summed E-state index contributed by atoms with van der Waals surface area (Å²) in [6, 6.07) is 1.74. The molecular weight excluding hydrogens is 240 g/mol. The quantitative estimate of drug-likeness (QED) is 0.456. The largest absolute Gasteiger partial charge is 0.468 e. The first-order valence-electron chi connectivity index (χ1n) is 5.06. The number of hydrogen-bond acceptors (Lipinski definition) is 5. The summed E-state index contributed by atoms with van der Waals surface area (Å²) in [6.45, 7) is 3.96. The molecule has 1 aliphatic rings. The summed E-state index contributed by atoms with van der Waals surface area (Å²) >= 11 is 1.42. The zero-order chi connectivity index (χ0) is 12.5. The highest BCUT2D eigenvalue weighted by molar-refractivity contribution is 7.08. The fourth-order valence-corrected chi connectivity index (χ4v) is 2.69. The van der Waals surface area contributed by atoms with E-state index in [1.807, 2.05) is 5.38 Å². The molecule has 0 aliphatic carbocycles. The molecule has 2 rings (SSSR count). The summed E-state index contributed by atoms with van der Waals surface area (Å²) in [6.07, 6.45) is 0.245. The maximum atomic E-state index is 12.0. The Balaban J connectivity index is 2.53. The lowest BCUT2D eigenvalue weighted by Gasteiger charge is -2.32. The van der Waals surface area contributed by atoms with Gasteiger partial charge in [-0.1, -0.05) is 6.58 Å². The number of hydrogen-bond donors (Lipinski definition) is 0. The van der Waals surface area contributed by atoms with Crippen molar-refractivity contribution in [1.29, 1.82) is 0 Å². The van der Waals surface area contributed by atoms with E-state index in [4.69, 9.17) is 9.47 Å². The Labute approximate surface area is 103 Å². The highest BCUT2D eigenvalue weighted by atomic mass is 32.1. The topological polar surface area (TPSA) is 52.6 Å². The van der Waals surface area contributed by atoms with Gasteiger partial charge in [0.25, 0.3) is 0 Å². The van der Waals surface area contributed by atoms with Crippen LogP contribution in [0, 0.1) is 0 Å². The van der Waals surface area contributed by atoms with Crippen molar-refractivity contribution in [1.82, 2.24) is 0 Å². The first-order valence-corrected chi connectivity index (χ1v) is 6.00. The Morgan fingerprint density at radius 2 is 2.41 bits per heavy atom. The fraction of sp³-hybridized carbons (Fsp3) is 0.333. The van der Waals surface area contributed by atoms with Gasteiger partial charge in [-0.15, -0.1) is 0 Å². The van der Waals surface area contributed by atoms with Crippen molar-refractivity contribution >= 4 is 23.3 Å². The molecule has 1 aliphatic heterocycles. The minimum Gasteiger partial charge on any atom is -0.468 e. The number of cyclic esters (lactones) is 1. The van der Waals surface area contributed by atoms with Gasteiger partial charge in [-0.05, 0) is 28.0 Å². The molecule has 0 radical (unpaired) electrons. The second-order valence-electron chi connectivity index (χ2n) is 3.91. The van der Waals surface area contributed by atoms with Crippen LogP contribution in [0.1, 0.15) is 12.0 Å². The number of carbonyl (C=O) groups excluding carboxylic acids is 2. The van der Waals surface area contributed by atoms with Crippen LogP contribution in [-0.2, 0) is 24.5 Å². The normalized spacial score (nSPS) is 24.3. The van der Waals surface area contributed by atoms with Gasteiger partial charge in [0.1, 0.15) is 6.61 Å². The van der Waals surface area contributed by atoms with Gasteiger partial charge in [-0.3, -0.25) is 9.59 Å². The van der Waals surface area contributed by atoms with E-state index in [9.17, 15) is 9.59 Å². The zero-order valence-electron chi connectivity index (χ0n) is 9.39. The Kier molecular flexibility index (Phi) is 3.02. The van der Waals surface area contributed by atoms with Crippen LogP contribution in [0.15, 0.2) is 29.0 Å². The van der Waals surface area contributed by atoms with E-state index >= 15 is 0 Å². The maximum absolute atomic E-state index is 12.0. The molecule has 0 amide bonds. The molecule has 0 bridgehead atoms. The van der Waals surface area contributed by atoms with Crippen LogP contribution < -0.4 is 0 Å². The number of esters is 2.